The van der Waals surface area contributed by atoms with Crippen LogP contribution < -0.4 is 5.32 Å². The van der Waals surface area contributed by atoms with Crippen LogP contribution in [0.5, 0.6) is 0 Å². The molecule has 0 spiro atoms. The molecule has 1 fully saturated rings. The van der Waals surface area contributed by atoms with Crippen molar-refractivity contribution in [2.24, 2.45) is 5.92 Å². The minimum atomic E-state index is -3.25. The first-order chi connectivity index (χ1) is 9.99. The number of rotatable bonds is 6. The van der Waals surface area contributed by atoms with Crippen LogP contribution in [0.2, 0.25) is 0 Å². The summed E-state index contributed by atoms with van der Waals surface area (Å²) in [6.45, 7) is 2.31. The van der Waals surface area contributed by atoms with Crippen molar-refractivity contribution in [1.29, 1.82) is 0 Å². The number of nitrogens with one attached hydrogen (secondary N) is 1. The molecule has 2 rings (SSSR count). The lowest BCUT2D eigenvalue weighted by atomic mass is 10.1. The highest BCUT2D eigenvalue weighted by atomic mass is 32.2. The third-order valence-corrected chi connectivity index (χ3v) is 5.76. The number of hydrogen-bond donors (Lipinski definition) is 1. The number of carbonyl (C=O) groups is 1. The molecule has 5 heteroatoms. The van der Waals surface area contributed by atoms with Gasteiger partial charge < -0.3 is 5.32 Å². The van der Waals surface area contributed by atoms with Gasteiger partial charge >= 0.3 is 0 Å². The third-order valence-electron chi connectivity index (χ3n) is 3.96. The second kappa shape index (κ2) is 7.07. The van der Waals surface area contributed by atoms with Gasteiger partial charge in [-0.15, -0.1) is 0 Å². The lowest BCUT2D eigenvalue weighted by Crippen LogP contribution is -2.30. The molecule has 1 aromatic carbocycles. The molecule has 0 aromatic heterocycles. The SMILES string of the molecule is Cc1cccc(S(=O)(=O)CCCNC(=O)C2CCCC2)c1. The molecule has 1 aliphatic carbocycles. The first-order valence-corrected chi connectivity index (χ1v) is 9.21. The molecule has 0 heterocycles. The normalized spacial score (nSPS) is 16.0. The van der Waals surface area contributed by atoms with Gasteiger partial charge in [0.15, 0.2) is 9.84 Å². The van der Waals surface area contributed by atoms with Crippen molar-refractivity contribution in [3.05, 3.63) is 29.8 Å². The van der Waals surface area contributed by atoms with Gasteiger partial charge in [-0.3, -0.25) is 4.79 Å². The van der Waals surface area contributed by atoms with Crippen LogP contribution in [0, 0.1) is 12.8 Å². The number of hydrogen-bond acceptors (Lipinski definition) is 3. The largest absolute Gasteiger partial charge is 0.356 e. The second-order valence-electron chi connectivity index (χ2n) is 5.76. The molecule has 1 amide bonds. The molecule has 0 unspecified atom stereocenters. The van der Waals surface area contributed by atoms with Crippen LogP contribution in [0.15, 0.2) is 29.2 Å². The van der Waals surface area contributed by atoms with E-state index in [9.17, 15) is 13.2 Å². The lowest BCUT2D eigenvalue weighted by Gasteiger charge is -2.10. The van der Waals surface area contributed by atoms with Gasteiger partial charge in [-0.2, -0.15) is 0 Å². The Morgan fingerprint density at radius 2 is 2.00 bits per heavy atom. The number of carbonyl (C=O) groups excluding carboxylic acids is 1. The van der Waals surface area contributed by atoms with Crippen LogP contribution in [0.25, 0.3) is 0 Å². The summed E-state index contributed by atoms with van der Waals surface area (Å²) in [5.74, 6) is 0.292. The summed E-state index contributed by atoms with van der Waals surface area (Å²) in [5.41, 5.74) is 0.936. The number of amides is 1. The monoisotopic (exact) mass is 309 g/mol. The van der Waals surface area contributed by atoms with Crippen LogP contribution in [0.4, 0.5) is 0 Å². The van der Waals surface area contributed by atoms with E-state index in [0.717, 1.165) is 31.2 Å². The molecule has 0 radical (unpaired) electrons. The molecule has 0 bridgehead atoms. The molecular weight excluding hydrogens is 286 g/mol. The van der Waals surface area contributed by atoms with Gasteiger partial charge in [0.05, 0.1) is 10.6 Å². The quantitative estimate of drug-likeness (QED) is 0.821. The number of sulfone groups is 1. The molecule has 1 N–H and O–H groups in total. The summed E-state index contributed by atoms with van der Waals surface area (Å²) < 4.78 is 24.3. The summed E-state index contributed by atoms with van der Waals surface area (Å²) in [6.07, 6.45) is 4.63. The molecular formula is C16H23NO3S. The molecule has 116 valence electrons. The van der Waals surface area contributed by atoms with Gasteiger partial charge in [0.1, 0.15) is 0 Å². The Bertz CT molecular complexity index is 589. The van der Waals surface area contributed by atoms with Gasteiger partial charge in [0, 0.05) is 12.5 Å². The maximum atomic E-state index is 12.2. The Balaban J connectivity index is 1.78. The van der Waals surface area contributed by atoms with Crippen molar-refractivity contribution in [3.8, 4) is 0 Å². The third kappa shape index (κ3) is 4.56. The topological polar surface area (TPSA) is 63.2 Å². The first-order valence-electron chi connectivity index (χ1n) is 7.56. The van der Waals surface area contributed by atoms with Crippen molar-refractivity contribution in [2.45, 2.75) is 43.9 Å². The molecule has 0 saturated heterocycles. The lowest BCUT2D eigenvalue weighted by molar-refractivity contribution is -0.124. The van der Waals surface area contributed by atoms with Gasteiger partial charge in [0.2, 0.25) is 5.91 Å². The highest BCUT2D eigenvalue weighted by Crippen LogP contribution is 2.24. The summed E-state index contributed by atoms with van der Waals surface area (Å²) >= 11 is 0. The minimum Gasteiger partial charge on any atom is -0.356 e. The Morgan fingerprint density at radius 3 is 2.67 bits per heavy atom. The summed E-state index contributed by atoms with van der Waals surface area (Å²) in [7, 11) is -3.25. The van der Waals surface area contributed by atoms with E-state index in [1.807, 2.05) is 13.0 Å². The Morgan fingerprint density at radius 1 is 1.29 bits per heavy atom. The molecule has 1 aromatic rings. The van der Waals surface area contributed by atoms with E-state index in [2.05, 4.69) is 5.32 Å². The molecule has 21 heavy (non-hydrogen) atoms. The second-order valence-corrected chi connectivity index (χ2v) is 7.87. The molecule has 1 aliphatic rings. The van der Waals surface area contributed by atoms with Crippen LogP contribution in [0.3, 0.4) is 0 Å². The molecule has 0 aliphatic heterocycles. The number of benzene rings is 1. The summed E-state index contributed by atoms with van der Waals surface area (Å²) in [4.78, 5) is 12.2. The van der Waals surface area contributed by atoms with Crippen LogP contribution in [-0.4, -0.2) is 26.6 Å². The molecule has 0 atom stereocenters. The zero-order chi connectivity index (χ0) is 15.3. The van der Waals surface area contributed by atoms with E-state index < -0.39 is 9.84 Å². The Hall–Kier alpha value is -1.36. The maximum absolute atomic E-state index is 12.2. The zero-order valence-electron chi connectivity index (χ0n) is 12.5. The fourth-order valence-corrected chi connectivity index (χ4v) is 4.14. The summed E-state index contributed by atoms with van der Waals surface area (Å²) in [6, 6.07) is 6.94. The minimum absolute atomic E-state index is 0.0708. The van der Waals surface area contributed by atoms with Crippen molar-refractivity contribution in [1.82, 2.24) is 5.32 Å². The van der Waals surface area contributed by atoms with Crippen LogP contribution >= 0.6 is 0 Å². The smallest absolute Gasteiger partial charge is 0.223 e. The van der Waals surface area contributed by atoms with Gasteiger partial charge in [0.25, 0.3) is 0 Å². The fraction of sp³-hybridized carbons (Fsp3) is 0.562. The van der Waals surface area contributed by atoms with Crippen LogP contribution in [0.1, 0.15) is 37.7 Å². The van der Waals surface area contributed by atoms with E-state index in [-0.39, 0.29) is 17.6 Å². The predicted octanol–water partition coefficient (Wildman–Crippen LogP) is 2.47. The van der Waals surface area contributed by atoms with E-state index >= 15 is 0 Å². The van der Waals surface area contributed by atoms with Crippen LogP contribution in [-0.2, 0) is 14.6 Å². The van der Waals surface area contributed by atoms with Crippen molar-refractivity contribution >= 4 is 15.7 Å². The van der Waals surface area contributed by atoms with Crippen molar-refractivity contribution in [3.63, 3.8) is 0 Å². The fourth-order valence-electron chi connectivity index (χ4n) is 2.73. The van der Waals surface area contributed by atoms with Gasteiger partial charge in [-0.05, 0) is 43.9 Å². The predicted molar refractivity (Wildman–Crippen MR) is 82.8 cm³/mol. The van der Waals surface area contributed by atoms with E-state index in [0.29, 0.717) is 17.9 Å². The maximum Gasteiger partial charge on any atom is 0.223 e. The number of aryl methyl sites for hydroxylation is 1. The Labute approximate surface area is 126 Å². The first kappa shape index (κ1) is 16.0. The van der Waals surface area contributed by atoms with E-state index in [4.69, 9.17) is 0 Å². The average Bonchev–Trinajstić information content (AvgIpc) is 2.97. The molecule has 4 nitrogen and oxygen atoms in total. The van der Waals surface area contributed by atoms with Crippen molar-refractivity contribution < 1.29 is 13.2 Å². The highest BCUT2D eigenvalue weighted by Gasteiger charge is 2.22. The van der Waals surface area contributed by atoms with E-state index in [1.54, 1.807) is 18.2 Å². The molecule has 1 saturated carbocycles. The standard InChI is InChI=1S/C16H23NO3S/c1-13-6-4-9-15(12-13)21(19,20)11-5-10-17-16(18)14-7-2-3-8-14/h4,6,9,12,14H,2-3,5,7-8,10-11H2,1H3,(H,17,18). The summed E-state index contributed by atoms with van der Waals surface area (Å²) in [5, 5.41) is 2.86. The van der Waals surface area contributed by atoms with E-state index in [1.165, 1.54) is 0 Å². The van der Waals surface area contributed by atoms with Gasteiger partial charge in [-0.25, -0.2) is 8.42 Å². The zero-order valence-corrected chi connectivity index (χ0v) is 13.3. The van der Waals surface area contributed by atoms with Crippen molar-refractivity contribution in [2.75, 3.05) is 12.3 Å². The Kier molecular flexibility index (Phi) is 5.39. The van der Waals surface area contributed by atoms with Gasteiger partial charge in [-0.1, -0.05) is 25.0 Å². The average molecular weight is 309 g/mol. The highest BCUT2D eigenvalue weighted by molar-refractivity contribution is 7.91.